The van der Waals surface area contributed by atoms with Crippen molar-refractivity contribution in [3.63, 3.8) is 0 Å². The Balaban J connectivity index is 2.62. The highest BCUT2D eigenvalue weighted by atomic mass is 16.2. The lowest BCUT2D eigenvalue weighted by molar-refractivity contribution is -0.119. The summed E-state index contributed by atoms with van der Waals surface area (Å²) in [7, 11) is 0. The number of urea groups is 1. The average Bonchev–Trinajstić information content (AvgIpc) is 2.47. The van der Waals surface area contributed by atoms with Gasteiger partial charge in [-0.25, -0.2) is 4.79 Å². The molecule has 4 N–H and O–H groups in total. The fourth-order valence-electron chi connectivity index (χ4n) is 2.30. The number of hydrogen-bond acceptors (Lipinski definition) is 4. The molecule has 3 amide bonds. The first-order chi connectivity index (χ1) is 10.1. The van der Waals surface area contributed by atoms with Gasteiger partial charge in [0.1, 0.15) is 0 Å². The number of nitrogens with two attached hydrogens (primary N) is 1. The SMILES string of the molecule is CCN(CC)C(CNCC(=O)NC(N)=O)c1ccccc1. The van der Waals surface area contributed by atoms with E-state index in [1.807, 2.05) is 23.5 Å². The van der Waals surface area contributed by atoms with Gasteiger partial charge in [0.2, 0.25) is 5.91 Å². The van der Waals surface area contributed by atoms with Crippen LogP contribution in [0.1, 0.15) is 25.5 Å². The van der Waals surface area contributed by atoms with Gasteiger partial charge in [0.05, 0.1) is 6.54 Å². The molecular weight excluding hydrogens is 268 g/mol. The lowest BCUT2D eigenvalue weighted by Gasteiger charge is -2.30. The van der Waals surface area contributed by atoms with Crippen LogP contribution >= 0.6 is 0 Å². The molecule has 0 aliphatic heterocycles. The summed E-state index contributed by atoms with van der Waals surface area (Å²) in [5, 5.41) is 5.11. The number of hydrogen-bond donors (Lipinski definition) is 3. The number of likely N-dealkylation sites (N-methyl/N-ethyl adjacent to an activating group) is 1. The second-order valence-corrected chi connectivity index (χ2v) is 4.69. The number of primary amides is 1. The molecule has 116 valence electrons. The number of carbonyl (C=O) groups is 2. The molecule has 0 fully saturated rings. The Labute approximate surface area is 125 Å². The van der Waals surface area contributed by atoms with Gasteiger partial charge in [-0.3, -0.25) is 15.0 Å². The first-order valence-corrected chi connectivity index (χ1v) is 7.17. The molecule has 21 heavy (non-hydrogen) atoms. The van der Waals surface area contributed by atoms with Gasteiger partial charge in [-0.05, 0) is 18.7 Å². The maximum atomic E-state index is 11.4. The van der Waals surface area contributed by atoms with Crippen molar-refractivity contribution in [2.75, 3.05) is 26.2 Å². The fraction of sp³-hybridized carbons (Fsp3) is 0.467. The molecule has 1 unspecified atom stereocenters. The van der Waals surface area contributed by atoms with Crippen LogP contribution in [0.25, 0.3) is 0 Å². The molecule has 6 heteroatoms. The van der Waals surface area contributed by atoms with E-state index in [4.69, 9.17) is 5.73 Å². The van der Waals surface area contributed by atoms with Gasteiger partial charge in [0.25, 0.3) is 0 Å². The lowest BCUT2D eigenvalue weighted by Crippen LogP contribution is -2.43. The molecule has 1 aromatic rings. The first-order valence-electron chi connectivity index (χ1n) is 7.17. The summed E-state index contributed by atoms with van der Waals surface area (Å²) in [6.07, 6.45) is 0. The summed E-state index contributed by atoms with van der Waals surface area (Å²) in [6, 6.07) is 9.50. The first kappa shape index (κ1) is 17.1. The van der Waals surface area contributed by atoms with Gasteiger partial charge >= 0.3 is 6.03 Å². The van der Waals surface area contributed by atoms with E-state index in [1.54, 1.807) is 0 Å². The topological polar surface area (TPSA) is 87.5 Å². The molecule has 0 radical (unpaired) electrons. The molecule has 1 atom stereocenters. The van der Waals surface area contributed by atoms with E-state index < -0.39 is 11.9 Å². The van der Waals surface area contributed by atoms with Crippen LogP contribution in [0.4, 0.5) is 4.79 Å². The molecule has 0 aliphatic rings. The zero-order valence-electron chi connectivity index (χ0n) is 12.6. The van der Waals surface area contributed by atoms with Crippen molar-refractivity contribution >= 4 is 11.9 Å². The van der Waals surface area contributed by atoms with Crippen molar-refractivity contribution < 1.29 is 9.59 Å². The summed E-state index contributed by atoms with van der Waals surface area (Å²) >= 11 is 0. The molecule has 1 rings (SSSR count). The normalized spacial score (nSPS) is 12.1. The van der Waals surface area contributed by atoms with Crippen LogP contribution in [0.15, 0.2) is 30.3 Å². The maximum absolute atomic E-state index is 11.4. The molecule has 0 aliphatic carbocycles. The van der Waals surface area contributed by atoms with Crippen molar-refractivity contribution in [1.82, 2.24) is 15.5 Å². The highest BCUT2D eigenvalue weighted by molar-refractivity contribution is 5.94. The van der Waals surface area contributed by atoms with E-state index in [9.17, 15) is 9.59 Å². The predicted molar refractivity (Wildman–Crippen MR) is 82.7 cm³/mol. The quantitative estimate of drug-likeness (QED) is 0.663. The minimum absolute atomic E-state index is 0.0630. The number of nitrogens with zero attached hydrogens (tertiary/aromatic N) is 1. The predicted octanol–water partition coefficient (Wildman–Crippen LogP) is 0.854. The molecular formula is C15H24N4O2. The number of carbonyl (C=O) groups excluding carboxylic acids is 2. The van der Waals surface area contributed by atoms with Crippen molar-refractivity contribution in [3.05, 3.63) is 35.9 Å². The van der Waals surface area contributed by atoms with E-state index in [1.165, 1.54) is 5.56 Å². The summed E-state index contributed by atoms with van der Waals surface area (Å²) < 4.78 is 0. The van der Waals surface area contributed by atoms with Gasteiger partial charge in [-0.1, -0.05) is 44.2 Å². The Hall–Kier alpha value is -1.92. The largest absolute Gasteiger partial charge is 0.351 e. The monoisotopic (exact) mass is 292 g/mol. The summed E-state index contributed by atoms with van der Waals surface area (Å²) in [5.41, 5.74) is 6.10. The van der Waals surface area contributed by atoms with Crippen molar-refractivity contribution in [1.29, 1.82) is 0 Å². The Morgan fingerprint density at radius 2 is 1.81 bits per heavy atom. The second kappa shape index (κ2) is 9.10. The number of nitrogens with one attached hydrogen (secondary N) is 2. The standard InChI is InChI=1S/C15H24N4O2/c1-3-19(4-2)13(12-8-6-5-7-9-12)10-17-11-14(20)18-15(16)21/h5-9,13,17H,3-4,10-11H2,1-2H3,(H3,16,18,20,21). The number of rotatable bonds is 8. The zero-order chi connectivity index (χ0) is 15.7. The van der Waals surface area contributed by atoms with Crippen molar-refractivity contribution in [3.8, 4) is 0 Å². The third-order valence-electron chi connectivity index (χ3n) is 3.32. The van der Waals surface area contributed by atoms with Gasteiger partial charge < -0.3 is 11.1 Å². The molecule has 0 spiro atoms. The molecule has 0 bridgehead atoms. The van der Waals surface area contributed by atoms with E-state index in [2.05, 4.69) is 36.2 Å². The summed E-state index contributed by atoms with van der Waals surface area (Å²) in [6.45, 7) is 6.75. The Bertz CT molecular complexity index is 446. The molecule has 0 saturated heterocycles. The Morgan fingerprint density at radius 1 is 1.19 bits per heavy atom. The highest BCUT2D eigenvalue weighted by Crippen LogP contribution is 2.19. The van der Waals surface area contributed by atoms with Crippen LogP contribution in [0.2, 0.25) is 0 Å². The molecule has 1 aromatic carbocycles. The third kappa shape index (κ3) is 5.93. The summed E-state index contributed by atoms with van der Waals surface area (Å²) in [5.74, 6) is -0.422. The third-order valence-corrected chi connectivity index (χ3v) is 3.32. The van der Waals surface area contributed by atoms with Crippen LogP contribution in [0, 0.1) is 0 Å². The molecule has 0 saturated carbocycles. The minimum atomic E-state index is -0.829. The summed E-state index contributed by atoms with van der Waals surface area (Å²) in [4.78, 5) is 24.3. The Kier molecular flexibility index (Phi) is 7.42. The van der Waals surface area contributed by atoms with Crippen LogP contribution in [0.3, 0.4) is 0 Å². The van der Waals surface area contributed by atoms with Crippen LogP contribution in [-0.4, -0.2) is 43.0 Å². The van der Waals surface area contributed by atoms with E-state index in [0.717, 1.165) is 13.1 Å². The van der Waals surface area contributed by atoms with Gasteiger partial charge in [-0.2, -0.15) is 0 Å². The fourth-order valence-corrected chi connectivity index (χ4v) is 2.30. The van der Waals surface area contributed by atoms with Crippen LogP contribution in [0.5, 0.6) is 0 Å². The highest BCUT2D eigenvalue weighted by Gasteiger charge is 2.17. The second-order valence-electron chi connectivity index (χ2n) is 4.69. The maximum Gasteiger partial charge on any atom is 0.318 e. The lowest BCUT2D eigenvalue weighted by atomic mass is 10.1. The minimum Gasteiger partial charge on any atom is -0.351 e. The molecule has 0 heterocycles. The van der Waals surface area contributed by atoms with Crippen LogP contribution in [-0.2, 0) is 4.79 Å². The van der Waals surface area contributed by atoms with E-state index in [-0.39, 0.29) is 12.6 Å². The van der Waals surface area contributed by atoms with Crippen molar-refractivity contribution in [2.45, 2.75) is 19.9 Å². The number of benzene rings is 1. The smallest absolute Gasteiger partial charge is 0.318 e. The van der Waals surface area contributed by atoms with Gasteiger partial charge in [0.15, 0.2) is 0 Å². The molecule has 0 aromatic heterocycles. The van der Waals surface area contributed by atoms with E-state index >= 15 is 0 Å². The Morgan fingerprint density at radius 3 is 2.33 bits per heavy atom. The van der Waals surface area contributed by atoms with Gasteiger partial charge in [-0.15, -0.1) is 0 Å². The van der Waals surface area contributed by atoms with Gasteiger partial charge in [0, 0.05) is 12.6 Å². The van der Waals surface area contributed by atoms with Crippen molar-refractivity contribution in [2.24, 2.45) is 5.73 Å². The molecule has 6 nitrogen and oxygen atoms in total. The number of amides is 3. The average molecular weight is 292 g/mol. The van der Waals surface area contributed by atoms with Crippen LogP contribution < -0.4 is 16.4 Å². The zero-order valence-corrected chi connectivity index (χ0v) is 12.6. The van der Waals surface area contributed by atoms with E-state index in [0.29, 0.717) is 6.54 Å². The number of imide groups is 1.